The van der Waals surface area contributed by atoms with Gasteiger partial charge in [0.25, 0.3) is 0 Å². The first-order chi connectivity index (χ1) is 10.0. The van der Waals surface area contributed by atoms with Crippen molar-refractivity contribution in [3.63, 3.8) is 0 Å². The zero-order chi connectivity index (χ0) is 15.1. The minimum absolute atomic E-state index is 0.224. The van der Waals surface area contributed by atoms with Crippen LogP contribution in [0.4, 0.5) is 5.82 Å². The number of fused-ring (bicyclic) bond motifs is 1. The molecule has 1 aromatic rings. The number of aryl methyl sites for hydroxylation is 2. The highest BCUT2D eigenvalue weighted by molar-refractivity contribution is 5.80. The fraction of sp³-hybridized carbons (Fsp3) is 0.667. The van der Waals surface area contributed by atoms with Gasteiger partial charge < -0.3 is 10.0 Å². The summed E-state index contributed by atoms with van der Waals surface area (Å²) in [4.78, 5) is 13.7. The van der Waals surface area contributed by atoms with E-state index in [9.17, 15) is 15.2 Å². The summed E-state index contributed by atoms with van der Waals surface area (Å²) in [6.07, 6.45) is 5.07. The molecule has 21 heavy (non-hydrogen) atoms. The number of nitriles is 1. The highest BCUT2D eigenvalue weighted by Crippen LogP contribution is 2.43. The summed E-state index contributed by atoms with van der Waals surface area (Å²) < 4.78 is 1.67. The third-order valence-electron chi connectivity index (χ3n) is 4.92. The van der Waals surface area contributed by atoms with Gasteiger partial charge in [-0.05, 0) is 32.1 Å². The van der Waals surface area contributed by atoms with Crippen molar-refractivity contribution in [2.75, 3.05) is 4.90 Å². The number of carboxylic acid groups (broad SMARTS) is 1. The van der Waals surface area contributed by atoms with E-state index >= 15 is 0 Å². The predicted octanol–water partition coefficient (Wildman–Crippen LogP) is 1.82. The van der Waals surface area contributed by atoms with Crippen LogP contribution in [-0.2, 0) is 11.8 Å². The average molecular weight is 288 g/mol. The van der Waals surface area contributed by atoms with E-state index < -0.39 is 12.0 Å². The number of carbonyl (C=O) groups is 1. The smallest absolute Gasteiger partial charge is 0.326 e. The molecule has 1 aliphatic carbocycles. The number of aromatic nitrogens is 2. The zero-order valence-electron chi connectivity index (χ0n) is 12.4. The summed E-state index contributed by atoms with van der Waals surface area (Å²) >= 11 is 0. The van der Waals surface area contributed by atoms with Crippen molar-refractivity contribution in [1.29, 1.82) is 5.26 Å². The van der Waals surface area contributed by atoms with Crippen LogP contribution in [-0.4, -0.2) is 32.9 Å². The normalized spacial score (nSPS) is 28.2. The number of aliphatic carboxylic acids is 1. The van der Waals surface area contributed by atoms with E-state index in [1.54, 1.807) is 18.7 Å². The molecule has 112 valence electrons. The monoisotopic (exact) mass is 288 g/mol. The summed E-state index contributed by atoms with van der Waals surface area (Å²) in [5.74, 6) is 0.297. The van der Waals surface area contributed by atoms with Crippen LogP contribution in [0.5, 0.6) is 0 Å². The Labute approximate surface area is 124 Å². The minimum atomic E-state index is -0.799. The third-order valence-corrected chi connectivity index (χ3v) is 4.92. The molecule has 1 aromatic heterocycles. The van der Waals surface area contributed by atoms with Crippen molar-refractivity contribution in [3.05, 3.63) is 11.3 Å². The van der Waals surface area contributed by atoms with Crippen LogP contribution in [0.3, 0.4) is 0 Å². The number of carboxylic acids is 1. The summed E-state index contributed by atoms with van der Waals surface area (Å²) in [5, 5.41) is 23.3. The number of hydrogen-bond donors (Lipinski definition) is 1. The third kappa shape index (κ3) is 2.08. The van der Waals surface area contributed by atoms with E-state index in [4.69, 9.17) is 0 Å². The summed E-state index contributed by atoms with van der Waals surface area (Å²) in [6, 6.07) is 1.88. The van der Waals surface area contributed by atoms with Gasteiger partial charge in [0, 0.05) is 13.1 Å². The van der Waals surface area contributed by atoms with Crippen LogP contribution in [0.25, 0.3) is 0 Å². The van der Waals surface area contributed by atoms with Gasteiger partial charge in [-0.3, -0.25) is 4.68 Å². The first kappa shape index (κ1) is 13.9. The summed E-state index contributed by atoms with van der Waals surface area (Å²) in [7, 11) is 1.79. The number of anilines is 1. The SMILES string of the molecule is Cc1nn(C)c(N2C(C(=O)O)CC3CCCCC32)c1C#N. The Morgan fingerprint density at radius 3 is 2.81 bits per heavy atom. The maximum atomic E-state index is 11.7. The second kappa shape index (κ2) is 5.06. The second-order valence-electron chi connectivity index (χ2n) is 6.13. The number of hydrogen-bond acceptors (Lipinski definition) is 4. The highest BCUT2D eigenvalue weighted by atomic mass is 16.4. The van der Waals surface area contributed by atoms with Crippen LogP contribution >= 0.6 is 0 Å². The molecule has 0 spiro atoms. The molecule has 0 amide bonds. The van der Waals surface area contributed by atoms with Gasteiger partial charge in [-0.25, -0.2) is 4.79 Å². The van der Waals surface area contributed by atoms with Gasteiger partial charge in [0.05, 0.1) is 5.69 Å². The number of rotatable bonds is 2. The summed E-state index contributed by atoms with van der Waals surface area (Å²) in [5.41, 5.74) is 1.17. The van der Waals surface area contributed by atoms with Crippen molar-refractivity contribution >= 4 is 11.8 Å². The van der Waals surface area contributed by atoms with Crippen molar-refractivity contribution in [1.82, 2.24) is 9.78 Å². The van der Waals surface area contributed by atoms with E-state index in [2.05, 4.69) is 11.2 Å². The Morgan fingerprint density at radius 1 is 1.43 bits per heavy atom. The van der Waals surface area contributed by atoms with Crippen LogP contribution < -0.4 is 4.90 Å². The van der Waals surface area contributed by atoms with Gasteiger partial charge in [-0.2, -0.15) is 10.4 Å². The van der Waals surface area contributed by atoms with Crippen molar-refractivity contribution in [2.45, 2.75) is 51.1 Å². The lowest BCUT2D eigenvalue weighted by molar-refractivity contribution is -0.138. The first-order valence-electron chi connectivity index (χ1n) is 7.49. The van der Waals surface area contributed by atoms with Crippen LogP contribution in [0.1, 0.15) is 43.4 Å². The van der Waals surface area contributed by atoms with Gasteiger partial charge >= 0.3 is 5.97 Å². The lowest BCUT2D eigenvalue weighted by Gasteiger charge is -2.34. The van der Waals surface area contributed by atoms with Gasteiger partial charge in [0.15, 0.2) is 0 Å². The predicted molar refractivity (Wildman–Crippen MR) is 76.9 cm³/mol. The van der Waals surface area contributed by atoms with E-state index in [0.717, 1.165) is 19.3 Å². The highest BCUT2D eigenvalue weighted by Gasteiger charge is 2.47. The maximum absolute atomic E-state index is 11.7. The maximum Gasteiger partial charge on any atom is 0.326 e. The summed E-state index contributed by atoms with van der Waals surface area (Å²) in [6.45, 7) is 1.80. The molecule has 1 aliphatic heterocycles. The largest absolute Gasteiger partial charge is 0.480 e. The van der Waals surface area contributed by atoms with E-state index in [-0.39, 0.29) is 6.04 Å². The molecule has 3 atom stereocenters. The van der Waals surface area contributed by atoms with Gasteiger partial charge in [-0.1, -0.05) is 12.8 Å². The molecule has 0 bridgehead atoms. The molecule has 2 heterocycles. The van der Waals surface area contributed by atoms with Crippen molar-refractivity contribution in [3.8, 4) is 6.07 Å². The minimum Gasteiger partial charge on any atom is -0.480 e. The second-order valence-corrected chi connectivity index (χ2v) is 6.13. The van der Waals surface area contributed by atoms with E-state index in [1.165, 1.54) is 6.42 Å². The Balaban J connectivity index is 2.09. The fourth-order valence-corrected chi connectivity index (χ4v) is 4.06. The number of nitrogens with zero attached hydrogens (tertiary/aromatic N) is 4. The topological polar surface area (TPSA) is 82.2 Å². The quantitative estimate of drug-likeness (QED) is 0.897. The molecule has 6 heteroatoms. The van der Waals surface area contributed by atoms with Gasteiger partial charge in [-0.15, -0.1) is 0 Å². The fourth-order valence-electron chi connectivity index (χ4n) is 4.06. The van der Waals surface area contributed by atoms with Gasteiger partial charge in [0.2, 0.25) is 0 Å². The molecule has 1 saturated heterocycles. The average Bonchev–Trinajstić information content (AvgIpc) is 2.95. The molecule has 1 N–H and O–H groups in total. The zero-order valence-corrected chi connectivity index (χ0v) is 12.4. The molecule has 3 unspecified atom stereocenters. The van der Waals surface area contributed by atoms with Crippen molar-refractivity contribution in [2.24, 2.45) is 13.0 Å². The molecule has 2 fully saturated rings. The van der Waals surface area contributed by atoms with E-state index in [1.807, 2.05) is 4.90 Å². The Kier molecular flexibility index (Phi) is 3.36. The molecule has 0 aromatic carbocycles. The van der Waals surface area contributed by atoms with Gasteiger partial charge in [0.1, 0.15) is 23.5 Å². The van der Waals surface area contributed by atoms with Crippen molar-refractivity contribution < 1.29 is 9.90 Å². The molecule has 6 nitrogen and oxygen atoms in total. The molecule has 2 aliphatic rings. The molecular formula is C15H20N4O2. The molecular weight excluding hydrogens is 268 g/mol. The Bertz CT molecular complexity index is 616. The van der Waals surface area contributed by atoms with Crippen LogP contribution in [0, 0.1) is 24.2 Å². The standard InChI is InChI=1S/C15H20N4O2/c1-9-11(8-16)14(18(2)17-9)19-12-6-4-3-5-10(12)7-13(19)15(20)21/h10,12-13H,3-7H2,1-2H3,(H,20,21). The molecule has 3 rings (SSSR count). The van der Waals surface area contributed by atoms with Crippen LogP contribution in [0.2, 0.25) is 0 Å². The van der Waals surface area contributed by atoms with E-state index in [0.29, 0.717) is 29.4 Å². The lowest BCUT2D eigenvalue weighted by atomic mass is 9.84. The first-order valence-corrected chi connectivity index (χ1v) is 7.49. The lowest BCUT2D eigenvalue weighted by Crippen LogP contribution is -2.43. The Hall–Kier alpha value is -2.03. The Morgan fingerprint density at radius 2 is 2.14 bits per heavy atom. The molecule has 0 radical (unpaired) electrons. The molecule has 1 saturated carbocycles. The van der Waals surface area contributed by atoms with Crippen LogP contribution in [0.15, 0.2) is 0 Å².